The molecule has 1 heterocycles. The minimum absolute atomic E-state index is 0.0195. The second-order valence-corrected chi connectivity index (χ2v) is 3.00. The Labute approximate surface area is 77.8 Å². The van der Waals surface area contributed by atoms with Gasteiger partial charge in [0.2, 0.25) is 5.91 Å². The maximum atomic E-state index is 11.3. The largest absolute Gasteiger partial charge is 0.379 e. The van der Waals surface area contributed by atoms with Crippen molar-refractivity contribution in [3.63, 3.8) is 0 Å². The number of carbonyl (C=O) groups excluding carboxylic acids is 1. The maximum Gasteiger partial charge on any atom is 0.226 e. The lowest BCUT2D eigenvalue weighted by Crippen LogP contribution is -2.43. The maximum absolute atomic E-state index is 11.3. The zero-order valence-electron chi connectivity index (χ0n) is 8.00. The Morgan fingerprint density at radius 3 is 3.00 bits per heavy atom. The van der Waals surface area contributed by atoms with Crippen LogP contribution in [0.25, 0.3) is 0 Å². The number of ether oxygens (including phenoxy) is 2. The summed E-state index contributed by atoms with van der Waals surface area (Å²) < 4.78 is 10.1. The molecule has 1 aliphatic rings. The standard InChI is InChI=1S/C8H16N2O3/c1-9-8(11)6-3-13-4-7(6)10-5-12-2/h6-7,10H,3-5H2,1-2H3,(H,9,11)/t6-,7+/m0/s1. The molecule has 0 saturated carbocycles. The molecule has 0 aromatic carbocycles. The minimum Gasteiger partial charge on any atom is -0.379 e. The molecule has 0 spiro atoms. The molecule has 0 aromatic heterocycles. The van der Waals surface area contributed by atoms with Gasteiger partial charge in [0, 0.05) is 20.2 Å². The molecule has 0 bridgehead atoms. The van der Waals surface area contributed by atoms with Crippen LogP contribution in [-0.4, -0.2) is 46.1 Å². The third-order valence-electron chi connectivity index (χ3n) is 2.15. The lowest BCUT2D eigenvalue weighted by atomic mass is 10.0. The fraction of sp³-hybridized carbons (Fsp3) is 0.875. The lowest BCUT2D eigenvalue weighted by molar-refractivity contribution is -0.125. The summed E-state index contributed by atoms with van der Waals surface area (Å²) in [7, 11) is 3.24. The smallest absolute Gasteiger partial charge is 0.226 e. The summed E-state index contributed by atoms with van der Waals surface area (Å²) in [5, 5.41) is 5.70. The van der Waals surface area contributed by atoms with Crippen LogP contribution >= 0.6 is 0 Å². The molecule has 1 aliphatic heterocycles. The van der Waals surface area contributed by atoms with Crippen LogP contribution in [0.3, 0.4) is 0 Å². The highest BCUT2D eigenvalue weighted by Gasteiger charge is 2.32. The molecule has 0 aliphatic carbocycles. The summed E-state index contributed by atoms with van der Waals surface area (Å²) in [5.74, 6) is -0.0775. The molecule has 2 N–H and O–H groups in total. The molecular weight excluding hydrogens is 172 g/mol. The number of hydrogen-bond acceptors (Lipinski definition) is 4. The molecule has 5 heteroatoms. The van der Waals surface area contributed by atoms with E-state index in [9.17, 15) is 4.79 Å². The Hall–Kier alpha value is -0.650. The quantitative estimate of drug-likeness (QED) is 0.552. The predicted molar refractivity (Wildman–Crippen MR) is 47.2 cm³/mol. The van der Waals surface area contributed by atoms with Gasteiger partial charge < -0.3 is 14.8 Å². The first-order valence-corrected chi connectivity index (χ1v) is 4.31. The van der Waals surface area contributed by atoms with Gasteiger partial charge >= 0.3 is 0 Å². The topological polar surface area (TPSA) is 59.6 Å². The van der Waals surface area contributed by atoms with E-state index >= 15 is 0 Å². The van der Waals surface area contributed by atoms with E-state index in [1.54, 1.807) is 14.2 Å². The highest BCUT2D eigenvalue weighted by atomic mass is 16.5. The van der Waals surface area contributed by atoms with Gasteiger partial charge in [0.25, 0.3) is 0 Å². The Bertz CT molecular complexity index is 175. The third-order valence-corrected chi connectivity index (χ3v) is 2.15. The zero-order chi connectivity index (χ0) is 9.68. The molecule has 2 atom stereocenters. The monoisotopic (exact) mass is 188 g/mol. The van der Waals surface area contributed by atoms with Gasteiger partial charge in [-0.05, 0) is 0 Å². The minimum atomic E-state index is -0.0971. The molecule has 5 nitrogen and oxygen atoms in total. The van der Waals surface area contributed by atoms with Crippen LogP contribution in [0.1, 0.15) is 0 Å². The van der Waals surface area contributed by atoms with Crippen LogP contribution in [0.5, 0.6) is 0 Å². The average molecular weight is 188 g/mol. The van der Waals surface area contributed by atoms with Gasteiger partial charge in [-0.25, -0.2) is 0 Å². The Morgan fingerprint density at radius 1 is 1.62 bits per heavy atom. The van der Waals surface area contributed by atoms with Crippen molar-refractivity contribution < 1.29 is 14.3 Å². The van der Waals surface area contributed by atoms with Crippen LogP contribution in [0.2, 0.25) is 0 Å². The second kappa shape index (κ2) is 5.16. The van der Waals surface area contributed by atoms with Crippen molar-refractivity contribution in [3.8, 4) is 0 Å². The first-order valence-electron chi connectivity index (χ1n) is 4.31. The predicted octanol–water partition coefficient (Wildman–Crippen LogP) is -1.06. The van der Waals surface area contributed by atoms with Crippen molar-refractivity contribution in [2.45, 2.75) is 6.04 Å². The van der Waals surface area contributed by atoms with E-state index in [0.717, 1.165) is 0 Å². The number of hydrogen-bond donors (Lipinski definition) is 2. The molecule has 0 unspecified atom stereocenters. The number of carbonyl (C=O) groups is 1. The summed E-state index contributed by atoms with van der Waals surface area (Å²) in [6, 6.07) is 0.0694. The number of methoxy groups -OCH3 is 1. The molecule has 1 amide bonds. The normalized spacial score (nSPS) is 27.5. The fourth-order valence-corrected chi connectivity index (χ4v) is 1.39. The summed E-state index contributed by atoms with van der Waals surface area (Å²) in [6.45, 7) is 1.50. The van der Waals surface area contributed by atoms with Crippen molar-refractivity contribution in [1.82, 2.24) is 10.6 Å². The molecular formula is C8H16N2O3. The molecule has 0 radical (unpaired) electrons. The molecule has 13 heavy (non-hydrogen) atoms. The Balaban J connectivity index is 2.39. The highest BCUT2D eigenvalue weighted by Crippen LogP contribution is 2.13. The molecule has 1 saturated heterocycles. The van der Waals surface area contributed by atoms with Gasteiger partial charge in [-0.2, -0.15) is 0 Å². The average Bonchev–Trinajstić information content (AvgIpc) is 2.61. The fourth-order valence-electron chi connectivity index (χ4n) is 1.39. The molecule has 0 aromatic rings. The van der Waals surface area contributed by atoms with Gasteiger partial charge in [0.05, 0.1) is 25.9 Å². The van der Waals surface area contributed by atoms with Crippen molar-refractivity contribution in [2.75, 3.05) is 34.1 Å². The van der Waals surface area contributed by atoms with E-state index in [-0.39, 0.29) is 17.9 Å². The third kappa shape index (κ3) is 2.65. The van der Waals surface area contributed by atoms with Crippen molar-refractivity contribution in [1.29, 1.82) is 0 Å². The van der Waals surface area contributed by atoms with E-state index in [2.05, 4.69) is 10.6 Å². The highest BCUT2D eigenvalue weighted by molar-refractivity contribution is 5.79. The van der Waals surface area contributed by atoms with Crippen molar-refractivity contribution in [3.05, 3.63) is 0 Å². The van der Waals surface area contributed by atoms with Crippen molar-refractivity contribution in [2.24, 2.45) is 5.92 Å². The molecule has 1 fully saturated rings. The van der Waals surface area contributed by atoms with E-state index in [0.29, 0.717) is 19.9 Å². The zero-order valence-corrected chi connectivity index (χ0v) is 8.00. The summed E-state index contributed by atoms with van der Waals surface area (Å²) in [4.78, 5) is 11.3. The van der Waals surface area contributed by atoms with Crippen LogP contribution in [0.15, 0.2) is 0 Å². The van der Waals surface area contributed by atoms with Gasteiger partial charge in [-0.1, -0.05) is 0 Å². The van der Waals surface area contributed by atoms with Gasteiger partial charge in [-0.3, -0.25) is 10.1 Å². The Kier molecular flexibility index (Phi) is 4.14. The molecule has 1 rings (SSSR count). The number of rotatable bonds is 4. The lowest BCUT2D eigenvalue weighted by Gasteiger charge is -2.16. The van der Waals surface area contributed by atoms with Gasteiger partial charge in [-0.15, -0.1) is 0 Å². The van der Waals surface area contributed by atoms with E-state index in [1.807, 2.05) is 0 Å². The molecule has 76 valence electrons. The van der Waals surface area contributed by atoms with Crippen LogP contribution in [0.4, 0.5) is 0 Å². The SMILES string of the molecule is CNC(=O)[C@H]1COC[C@H]1NCOC. The van der Waals surface area contributed by atoms with Crippen LogP contribution < -0.4 is 10.6 Å². The summed E-state index contributed by atoms with van der Waals surface area (Å²) in [5.41, 5.74) is 0. The van der Waals surface area contributed by atoms with E-state index in [4.69, 9.17) is 9.47 Å². The second-order valence-electron chi connectivity index (χ2n) is 3.00. The van der Waals surface area contributed by atoms with Gasteiger partial charge in [0.1, 0.15) is 0 Å². The summed E-state index contributed by atoms with van der Waals surface area (Å²) in [6.07, 6.45) is 0. The van der Waals surface area contributed by atoms with Crippen molar-refractivity contribution >= 4 is 5.91 Å². The number of amides is 1. The van der Waals surface area contributed by atoms with E-state index in [1.165, 1.54) is 0 Å². The Morgan fingerprint density at radius 2 is 2.38 bits per heavy atom. The van der Waals surface area contributed by atoms with Crippen LogP contribution in [0, 0.1) is 5.92 Å². The first kappa shape index (κ1) is 10.4. The van der Waals surface area contributed by atoms with Gasteiger partial charge in [0.15, 0.2) is 0 Å². The van der Waals surface area contributed by atoms with Crippen LogP contribution in [-0.2, 0) is 14.3 Å². The summed E-state index contributed by atoms with van der Waals surface area (Å²) >= 11 is 0. The van der Waals surface area contributed by atoms with E-state index < -0.39 is 0 Å². The first-order chi connectivity index (χ1) is 6.29. The number of nitrogens with one attached hydrogen (secondary N) is 2.